The SMILES string of the molecule is COC(=O)C=CCCCCC1[C@H](OC2CCCCO2)C[C@H](OC2CCCCO2)[C@H]1COP(=O)(CCc1ccccc1)OC. The molecular formula is C33H51O9P. The van der Waals surface area contributed by atoms with Gasteiger partial charge in [-0.1, -0.05) is 42.8 Å². The van der Waals surface area contributed by atoms with E-state index in [-0.39, 0.29) is 49.2 Å². The van der Waals surface area contributed by atoms with Crippen LogP contribution in [0.4, 0.5) is 0 Å². The molecule has 1 saturated carbocycles. The molecule has 9 nitrogen and oxygen atoms in total. The molecule has 7 atom stereocenters. The minimum Gasteiger partial charge on any atom is -0.466 e. The van der Waals surface area contributed by atoms with Gasteiger partial charge in [-0.2, -0.15) is 0 Å². The number of hydrogen-bond donors (Lipinski definition) is 0. The van der Waals surface area contributed by atoms with Gasteiger partial charge in [0.2, 0.25) is 0 Å². The Labute approximate surface area is 257 Å². The monoisotopic (exact) mass is 622 g/mol. The number of hydrogen-bond acceptors (Lipinski definition) is 9. The average molecular weight is 623 g/mol. The lowest BCUT2D eigenvalue weighted by molar-refractivity contribution is -0.204. The lowest BCUT2D eigenvalue weighted by Crippen LogP contribution is -2.34. The van der Waals surface area contributed by atoms with Crippen molar-refractivity contribution in [1.82, 2.24) is 0 Å². The molecule has 0 aromatic heterocycles. The predicted octanol–water partition coefficient (Wildman–Crippen LogP) is 6.83. The Balaban J connectivity index is 1.45. The Morgan fingerprint density at radius 1 is 0.930 bits per heavy atom. The number of carbonyl (C=O) groups is 1. The molecule has 1 aromatic rings. The summed E-state index contributed by atoms with van der Waals surface area (Å²) in [5, 5.41) is 0. The first-order valence-electron chi connectivity index (χ1n) is 16.1. The first-order valence-corrected chi connectivity index (χ1v) is 17.8. The van der Waals surface area contributed by atoms with E-state index >= 15 is 0 Å². The highest BCUT2D eigenvalue weighted by Gasteiger charge is 2.47. The molecule has 2 saturated heterocycles. The molecular weight excluding hydrogens is 571 g/mol. The van der Waals surface area contributed by atoms with Crippen LogP contribution >= 0.6 is 7.60 Å². The molecule has 1 aliphatic carbocycles. The van der Waals surface area contributed by atoms with Crippen LogP contribution in [0, 0.1) is 11.8 Å². The quantitative estimate of drug-likeness (QED) is 0.0801. The highest BCUT2D eigenvalue weighted by Crippen LogP contribution is 2.50. The Hall–Kier alpha value is -1.58. The van der Waals surface area contributed by atoms with Gasteiger partial charge >= 0.3 is 13.6 Å². The molecule has 2 heterocycles. The third-order valence-electron chi connectivity index (χ3n) is 8.77. The molecule has 4 rings (SSSR count). The molecule has 0 radical (unpaired) electrons. The third kappa shape index (κ3) is 11.4. The van der Waals surface area contributed by atoms with Crippen LogP contribution in [0.5, 0.6) is 0 Å². The maximum Gasteiger partial charge on any atom is 0.330 e. The number of ether oxygens (including phenoxy) is 5. The van der Waals surface area contributed by atoms with Gasteiger partial charge in [0.1, 0.15) is 0 Å². The van der Waals surface area contributed by atoms with Gasteiger partial charge < -0.3 is 32.7 Å². The summed E-state index contributed by atoms with van der Waals surface area (Å²) in [5.41, 5.74) is 1.10. The predicted molar refractivity (Wildman–Crippen MR) is 164 cm³/mol. The van der Waals surface area contributed by atoms with Crippen molar-refractivity contribution in [3.63, 3.8) is 0 Å². The van der Waals surface area contributed by atoms with Crippen molar-refractivity contribution in [3.8, 4) is 0 Å². The number of unbranched alkanes of at least 4 members (excludes halogenated alkanes) is 2. The minimum absolute atomic E-state index is 0.0371. The Morgan fingerprint density at radius 2 is 1.60 bits per heavy atom. The van der Waals surface area contributed by atoms with Crippen molar-refractivity contribution in [2.45, 2.75) is 102 Å². The van der Waals surface area contributed by atoms with Gasteiger partial charge in [-0.25, -0.2) is 4.79 Å². The van der Waals surface area contributed by atoms with Gasteiger partial charge in [-0.3, -0.25) is 4.57 Å². The summed E-state index contributed by atoms with van der Waals surface area (Å²) < 4.78 is 55.3. The van der Waals surface area contributed by atoms with Crippen molar-refractivity contribution < 1.29 is 42.1 Å². The summed E-state index contributed by atoms with van der Waals surface area (Å²) in [5.74, 6) is -0.248. The van der Waals surface area contributed by atoms with Crippen LogP contribution < -0.4 is 0 Å². The topological polar surface area (TPSA) is 98.8 Å². The van der Waals surface area contributed by atoms with Crippen molar-refractivity contribution in [1.29, 1.82) is 0 Å². The summed E-state index contributed by atoms with van der Waals surface area (Å²) in [6, 6.07) is 9.98. The van der Waals surface area contributed by atoms with Gasteiger partial charge in [-0.15, -0.1) is 0 Å². The summed E-state index contributed by atoms with van der Waals surface area (Å²) in [7, 11) is -0.478. The molecule has 2 aliphatic heterocycles. The van der Waals surface area contributed by atoms with Crippen LogP contribution in [0.1, 0.15) is 76.2 Å². The van der Waals surface area contributed by atoms with Crippen LogP contribution in [0.2, 0.25) is 0 Å². The summed E-state index contributed by atoms with van der Waals surface area (Å²) in [6.45, 7) is 1.68. The van der Waals surface area contributed by atoms with Gasteiger partial charge in [0, 0.05) is 38.7 Å². The number of carbonyl (C=O) groups excluding carboxylic acids is 1. The van der Waals surface area contributed by atoms with Gasteiger partial charge in [0.05, 0.1) is 32.1 Å². The zero-order valence-electron chi connectivity index (χ0n) is 25.9. The molecule has 3 aliphatic rings. The Bertz CT molecular complexity index is 1010. The van der Waals surface area contributed by atoms with Gasteiger partial charge in [0.25, 0.3) is 0 Å². The molecule has 0 spiro atoms. The number of rotatable bonds is 17. The maximum absolute atomic E-state index is 13.7. The summed E-state index contributed by atoms with van der Waals surface area (Å²) in [6.07, 6.45) is 13.9. The molecule has 43 heavy (non-hydrogen) atoms. The molecule has 0 bridgehead atoms. The van der Waals surface area contributed by atoms with E-state index in [1.54, 1.807) is 0 Å². The van der Waals surface area contributed by atoms with Gasteiger partial charge in [-0.05, 0) is 75.7 Å². The molecule has 242 valence electrons. The first-order chi connectivity index (χ1) is 21.0. The highest BCUT2D eigenvalue weighted by molar-refractivity contribution is 7.53. The van der Waals surface area contributed by atoms with E-state index < -0.39 is 7.60 Å². The minimum atomic E-state index is -3.33. The zero-order valence-corrected chi connectivity index (χ0v) is 26.8. The second kappa shape index (κ2) is 18.4. The van der Waals surface area contributed by atoms with Crippen LogP contribution in [0.25, 0.3) is 0 Å². The second-order valence-corrected chi connectivity index (χ2v) is 14.1. The molecule has 3 fully saturated rings. The normalized spacial score (nSPS) is 29.4. The number of allylic oxidation sites excluding steroid dienone is 1. The summed E-state index contributed by atoms with van der Waals surface area (Å²) >= 11 is 0. The molecule has 10 heteroatoms. The maximum atomic E-state index is 13.7. The van der Waals surface area contributed by atoms with E-state index in [1.807, 2.05) is 36.4 Å². The number of methoxy groups -OCH3 is 1. The lowest BCUT2D eigenvalue weighted by Gasteiger charge is -2.32. The zero-order chi connectivity index (χ0) is 30.3. The molecule has 4 unspecified atom stereocenters. The third-order valence-corrected chi connectivity index (χ3v) is 10.6. The van der Waals surface area contributed by atoms with Crippen molar-refractivity contribution in [3.05, 3.63) is 48.0 Å². The van der Waals surface area contributed by atoms with Crippen LogP contribution in [0.15, 0.2) is 42.5 Å². The van der Waals surface area contributed by atoms with Crippen molar-refractivity contribution in [2.24, 2.45) is 11.8 Å². The fourth-order valence-corrected chi connectivity index (χ4v) is 7.66. The summed E-state index contributed by atoms with van der Waals surface area (Å²) in [4.78, 5) is 11.4. The molecule has 0 amide bonds. The van der Waals surface area contributed by atoms with Crippen LogP contribution in [-0.4, -0.2) is 71.0 Å². The molecule has 1 aromatic carbocycles. The van der Waals surface area contributed by atoms with Crippen LogP contribution in [-0.2, 0) is 48.5 Å². The van der Waals surface area contributed by atoms with E-state index in [9.17, 15) is 9.36 Å². The van der Waals surface area contributed by atoms with Crippen LogP contribution in [0.3, 0.4) is 0 Å². The fourth-order valence-electron chi connectivity index (χ4n) is 6.31. The molecule has 0 N–H and O–H groups in total. The van der Waals surface area contributed by atoms with E-state index in [1.165, 1.54) is 20.3 Å². The number of benzene rings is 1. The van der Waals surface area contributed by atoms with E-state index in [0.29, 0.717) is 25.6 Å². The number of esters is 1. The smallest absolute Gasteiger partial charge is 0.330 e. The van der Waals surface area contributed by atoms with Crippen molar-refractivity contribution in [2.75, 3.05) is 40.2 Å². The standard InChI is InChI=1S/C33H51O9P/c1-36-31(34)17-9-4-3-8-16-27-28(25-40-43(35,37-2)23-20-26-14-6-5-7-15-26)30(42-33-19-11-13-22-39-33)24-29(27)41-32-18-10-12-21-38-32/h5-7,9,14-15,17,27-30,32-33H,3-4,8,10-13,16,18-25H2,1-2H3/t27?,28-,29+,30-,32?,33?,43?/m0/s1. The largest absolute Gasteiger partial charge is 0.466 e. The van der Waals surface area contributed by atoms with Gasteiger partial charge in [0.15, 0.2) is 12.6 Å². The average Bonchev–Trinajstić information content (AvgIpc) is 3.36. The Kier molecular flexibility index (Phi) is 14.7. The van der Waals surface area contributed by atoms with E-state index in [4.69, 9.17) is 32.7 Å². The first kappa shape index (κ1) is 34.3. The second-order valence-electron chi connectivity index (χ2n) is 11.8. The highest BCUT2D eigenvalue weighted by atomic mass is 31.2. The fraction of sp³-hybridized carbons (Fsp3) is 0.727. The lowest BCUT2D eigenvalue weighted by atomic mass is 9.89. The van der Waals surface area contributed by atoms with E-state index in [2.05, 4.69) is 0 Å². The number of aryl methyl sites for hydroxylation is 1. The van der Waals surface area contributed by atoms with Crippen molar-refractivity contribution >= 4 is 13.6 Å². The Morgan fingerprint density at radius 3 is 2.21 bits per heavy atom. The van der Waals surface area contributed by atoms with E-state index in [0.717, 1.165) is 76.4 Å².